The van der Waals surface area contributed by atoms with Crippen molar-refractivity contribution in [3.63, 3.8) is 0 Å². The first kappa shape index (κ1) is 16.1. The van der Waals surface area contributed by atoms with Gasteiger partial charge in [0, 0.05) is 24.6 Å². The number of aromatic nitrogens is 2. The van der Waals surface area contributed by atoms with Crippen molar-refractivity contribution < 1.29 is 0 Å². The minimum absolute atomic E-state index is 0.347. The van der Waals surface area contributed by atoms with Crippen LogP contribution >= 0.6 is 0 Å². The van der Waals surface area contributed by atoms with Gasteiger partial charge >= 0.3 is 0 Å². The van der Waals surface area contributed by atoms with E-state index in [1.165, 1.54) is 25.7 Å². The van der Waals surface area contributed by atoms with Crippen molar-refractivity contribution in [3.8, 4) is 0 Å². The van der Waals surface area contributed by atoms with Gasteiger partial charge in [-0.05, 0) is 32.1 Å². The van der Waals surface area contributed by atoms with Gasteiger partial charge in [-0.2, -0.15) is 0 Å². The average Bonchev–Trinajstić information content (AvgIpc) is 3.27. The highest BCUT2D eigenvalue weighted by Crippen LogP contribution is 2.33. The molecule has 0 bridgehead atoms. The number of hydrogen-bond acceptors (Lipinski definition) is 4. The molecule has 0 radical (unpaired) electrons. The first-order valence-corrected chi connectivity index (χ1v) is 8.48. The van der Waals surface area contributed by atoms with Crippen LogP contribution in [0.4, 0.5) is 11.6 Å². The minimum Gasteiger partial charge on any atom is -0.370 e. The Morgan fingerprint density at radius 2 is 1.71 bits per heavy atom. The first-order valence-electron chi connectivity index (χ1n) is 8.48. The highest BCUT2D eigenvalue weighted by Gasteiger charge is 2.20. The van der Waals surface area contributed by atoms with E-state index < -0.39 is 0 Å². The molecule has 21 heavy (non-hydrogen) atoms. The fraction of sp³-hybridized carbons (Fsp3) is 0.765. The van der Waals surface area contributed by atoms with Gasteiger partial charge in [0.2, 0.25) is 0 Å². The fourth-order valence-corrected chi connectivity index (χ4v) is 2.38. The number of anilines is 2. The Kier molecular flexibility index (Phi) is 5.83. The largest absolute Gasteiger partial charge is 0.370 e. The van der Waals surface area contributed by atoms with Gasteiger partial charge < -0.3 is 10.6 Å². The van der Waals surface area contributed by atoms with Crippen molar-refractivity contribution in [2.24, 2.45) is 5.92 Å². The third-order valence-electron chi connectivity index (χ3n) is 4.00. The molecular weight excluding hydrogens is 260 g/mol. The summed E-state index contributed by atoms with van der Waals surface area (Å²) in [6, 6.07) is 0. The highest BCUT2D eigenvalue weighted by atomic mass is 15.1. The first-order chi connectivity index (χ1) is 10.1. The maximum Gasteiger partial charge on any atom is 0.135 e. The lowest BCUT2D eigenvalue weighted by Gasteiger charge is -2.16. The van der Waals surface area contributed by atoms with Crippen LogP contribution in [0.1, 0.15) is 70.2 Å². The van der Waals surface area contributed by atoms with Gasteiger partial charge in [0.25, 0.3) is 0 Å². The second kappa shape index (κ2) is 7.62. The summed E-state index contributed by atoms with van der Waals surface area (Å²) in [4.78, 5) is 9.38. The van der Waals surface area contributed by atoms with E-state index in [2.05, 4.69) is 43.3 Å². The van der Waals surface area contributed by atoms with Crippen molar-refractivity contribution in [2.45, 2.75) is 65.7 Å². The van der Waals surface area contributed by atoms with Crippen LogP contribution in [0.25, 0.3) is 0 Å². The number of nitrogens with zero attached hydrogens (tertiary/aromatic N) is 2. The van der Waals surface area contributed by atoms with E-state index in [4.69, 9.17) is 4.98 Å². The molecule has 1 aromatic rings. The van der Waals surface area contributed by atoms with E-state index in [0.29, 0.717) is 5.92 Å². The molecule has 0 amide bonds. The molecule has 4 heteroatoms. The van der Waals surface area contributed by atoms with Crippen molar-refractivity contribution in [1.29, 1.82) is 0 Å². The minimum atomic E-state index is 0.347. The Morgan fingerprint density at radius 3 is 2.24 bits per heavy atom. The van der Waals surface area contributed by atoms with E-state index in [1.54, 1.807) is 0 Å². The van der Waals surface area contributed by atoms with Gasteiger partial charge in [-0.25, -0.2) is 9.97 Å². The van der Waals surface area contributed by atoms with E-state index in [-0.39, 0.29) is 0 Å². The molecule has 2 N–H and O–H groups in total. The smallest absolute Gasteiger partial charge is 0.135 e. The summed E-state index contributed by atoms with van der Waals surface area (Å²) < 4.78 is 0. The zero-order chi connectivity index (χ0) is 15.2. The second-order valence-electron chi connectivity index (χ2n) is 6.50. The van der Waals surface area contributed by atoms with Crippen LogP contribution < -0.4 is 10.6 Å². The summed E-state index contributed by atoms with van der Waals surface area (Å²) in [5.41, 5.74) is 1.14. The SMILES string of the molecule is CCCNc1nc(C(C)C)nc(NCCCC2CC2)c1C. The van der Waals surface area contributed by atoms with Crippen LogP contribution in [0.3, 0.4) is 0 Å². The molecule has 0 aliphatic heterocycles. The van der Waals surface area contributed by atoms with Crippen molar-refractivity contribution in [3.05, 3.63) is 11.4 Å². The van der Waals surface area contributed by atoms with Crippen molar-refractivity contribution in [2.75, 3.05) is 23.7 Å². The van der Waals surface area contributed by atoms with Crippen molar-refractivity contribution in [1.82, 2.24) is 9.97 Å². The second-order valence-corrected chi connectivity index (χ2v) is 6.50. The molecule has 0 spiro atoms. The molecular formula is C17H30N4. The van der Waals surface area contributed by atoms with Crippen molar-refractivity contribution >= 4 is 11.6 Å². The van der Waals surface area contributed by atoms with Crippen LogP contribution in [0.5, 0.6) is 0 Å². The molecule has 118 valence electrons. The number of nitrogens with one attached hydrogen (secondary N) is 2. The summed E-state index contributed by atoms with van der Waals surface area (Å²) in [7, 11) is 0. The zero-order valence-electron chi connectivity index (χ0n) is 14.0. The summed E-state index contributed by atoms with van der Waals surface area (Å²) in [6.07, 6.45) is 6.58. The maximum absolute atomic E-state index is 4.71. The van der Waals surface area contributed by atoms with E-state index in [0.717, 1.165) is 48.5 Å². The van der Waals surface area contributed by atoms with Gasteiger partial charge in [-0.15, -0.1) is 0 Å². The highest BCUT2D eigenvalue weighted by molar-refractivity contribution is 5.57. The summed E-state index contributed by atoms with van der Waals surface area (Å²) in [5.74, 6) is 4.26. The van der Waals surface area contributed by atoms with Gasteiger partial charge in [-0.1, -0.05) is 33.6 Å². The standard InChI is InChI=1S/C17H30N4/c1-5-10-18-16-13(4)17(21-15(20-16)12(2)3)19-11-6-7-14-8-9-14/h12,14H,5-11H2,1-4H3,(H2,18,19,20,21). The topological polar surface area (TPSA) is 49.8 Å². The molecule has 1 aliphatic rings. The molecule has 1 fully saturated rings. The lowest BCUT2D eigenvalue weighted by atomic mass is 10.2. The predicted octanol–water partition coefficient (Wildman–Crippen LogP) is 4.33. The third-order valence-corrected chi connectivity index (χ3v) is 4.00. The zero-order valence-corrected chi connectivity index (χ0v) is 14.0. The Hall–Kier alpha value is -1.32. The lowest BCUT2D eigenvalue weighted by Crippen LogP contribution is -2.13. The molecule has 0 unspecified atom stereocenters. The lowest BCUT2D eigenvalue weighted by molar-refractivity contribution is 0.685. The van der Waals surface area contributed by atoms with Crippen LogP contribution in [0, 0.1) is 12.8 Å². The van der Waals surface area contributed by atoms with Gasteiger partial charge in [0.15, 0.2) is 0 Å². The molecule has 0 saturated heterocycles. The van der Waals surface area contributed by atoms with E-state index in [1.807, 2.05) is 0 Å². The van der Waals surface area contributed by atoms with E-state index >= 15 is 0 Å². The molecule has 4 nitrogen and oxygen atoms in total. The fourth-order valence-electron chi connectivity index (χ4n) is 2.38. The van der Waals surface area contributed by atoms with Crippen LogP contribution in [-0.4, -0.2) is 23.1 Å². The number of hydrogen-bond donors (Lipinski definition) is 2. The Bertz CT molecular complexity index is 452. The summed E-state index contributed by atoms with van der Waals surface area (Å²) >= 11 is 0. The Labute approximate surface area is 129 Å². The molecule has 1 aliphatic carbocycles. The molecule has 0 aromatic carbocycles. The van der Waals surface area contributed by atoms with Crippen LogP contribution in [0.15, 0.2) is 0 Å². The van der Waals surface area contributed by atoms with Gasteiger partial charge in [-0.3, -0.25) is 0 Å². The normalized spacial score (nSPS) is 14.5. The third kappa shape index (κ3) is 4.87. The van der Waals surface area contributed by atoms with Crippen LogP contribution in [0.2, 0.25) is 0 Å². The predicted molar refractivity (Wildman–Crippen MR) is 90.1 cm³/mol. The quantitative estimate of drug-likeness (QED) is 0.665. The molecule has 1 saturated carbocycles. The maximum atomic E-state index is 4.71. The van der Waals surface area contributed by atoms with Gasteiger partial charge in [0.1, 0.15) is 17.5 Å². The van der Waals surface area contributed by atoms with Crippen LogP contribution in [-0.2, 0) is 0 Å². The Morgan fingerprint density at radius 1 is 1.10 bits per heavy atom. The average molecular weight is 290 g/mol. The van der Waals surface area contributed by atoms with Gasteiger partial charge in [0.05, 0.1) is 0 Å². The summed E-state index contributed by atoms with van der Waals surface area (Å²) in [6.45, 7) is 10.5. The van der Waals surface area contributed by atoms with E-state index in [9.17, 15) is 0 Å². The molecule has 1 heterocycles. The molecule has 1 aromatic heterocycles. The molecule has 0 atom stereocenters. The Balaban J connectivity index is 2.02. The monoisotopic (exact) mass is 290 g/mol. The molecule has 2 rings (SSSR count). The summed E-state index contributed by atoms with van der Waals surface area (Å²) in [5, 5.41) is 6.94. The number of rotatable bonds is 9.